The van der Waals surface area contributed by atoms with Crippen LogP contribution in [-0.4, -0.2) is 41.0 Å². The third kappa shape index (κ3) is 4.15. The second-order valence-electron chi connectivity index (χ2n) is 6.12. The summed E-state index contributed by atoms with van der Waals surface area (Å²) in [7, 11) is 1.49. The lowest BCUT2D eigenvalue weighted by atomic mass is 10.1. The summed E-state index contributed by atoms with van der Waals surface area (Å²) in [5.41, 5.74) is 2.48. The van der Waals surface area contributed by atoms with Crippen molar-refractivity contribution in [1.29, 1.82) is 0 Å². The Labute approximate surface area is 155 Å². The summed E-state index contributed by atoms with van der Waals surface area (Å²) in [5, 5.41) is 19.9. The summed E-state index contributed by atoms with van der Waals surface area (Å²) >= 11 is 0. The molecule has 0 bridgehead atoms. The number of H-pyrrole nitrogens is 1. The second-order valence-corrected chi connectivity index (χ2v) is 6.12. The Morgan fingerprint density at radius 3 is 2.70 bits per heavy atom. The van der Waals surface area contributed by atoms with E-state index in [0.717, 1.165) is 11.1 Å². The van der Waals surface area contributed by atoms with Gasteiger partial charge in [-0.3, -0.25) is 9.89 Å². The number of carbonyl (C=O) groups is 1. The van der Waals surface area contributed by atoms with E-state index in [-0.39, 0.29) is 18.3 Å². The zero-order chi connectivity index (χ0) is 19.4. The minimum Gasteiger partial charge on any atom is -0.495 e. The first-order chi connectivity index (χ1) is 13.0. The number of aliphatic hydroxyl groups is 1. The third-order valence-electron chi connectivity index (χ3n) is 4.02. The van der Waals surface area contributed by atoms with E-state index in [0.29, 0.717) is 22.4 Å². The number of amides is 1. The molecule has 0 aliphatic heterocycles. The van der Waals surface area contributed by atoms with Gasteiger partial charge in [0.15, 0.2) is 0 Å². The van der Waals surface area contributed by atoms with Crippen LogP contribution in [0.3, 0.4) is 0 Å². The molecule has 27 heavy (non-hydrogen) atoms. The predicted octanol–water partition coefficient (Wildman–Crippen LogP) is 2.99. The molecule has 6 nitrogen and oxygen atoms in total. The number of hydrogen-bond acceptors (Lipinski definition) is 4. The van der Waals surface area contributed by atoms with Crippen molar-refractivity contribution in [3.63, 3.8) is 0 Å². The molecule has 7 heteroatoms. The fourth-order valence-corrected chi connectivity index (χ4v) is 2.70. The number of benzene rings is 2. The van der Waals surface area contributed by atoms with Crippen molar-refractivity contribution in [1.82, 2.24) is 15.5 Å². The van der Waals surface area contributed by atoms with E-state index in [1.165, 1.54) is 19.2 Å². The highest BCUT2D eigenvalue weighted by Crippen LogP contribution is 2.32. The van der Waals surface area contributed by atoms with E-state index in [2.05, 4.69) is 15.5 Å². The highest BCUT2D eigenvalue weighted by molar-refractivity contribution is 6.05. The minimum absolute atomic E-state index is 0.142. The lowest BCUT2D eigenvalue weighted by molar-refractivity contribution is 0.0921. The van der Waals surface area contributed by atoms with Gasteiger partial charge in [-0.1, -0.05) is 18.2 Å². The van der Waals surface area contributed by atoms with Crippen molar-refractivity contribution < 1.29 is 19.0 Å². The van der Waals surface area contributed by atoms with Gasteiger partial charge in [-0.15, -0.1) is 0 Å². The van der Waals surface area contributed by atoms with Gasteiger partial charge >= 0.3 is 0 Å². The predicted molar refractivity (Wildman–Crippen MR) is 102 cm³/mol. The van der Waals surface area contributed by atoms with Gasteiger partial charge in [0.1, 0.15) is 11.6 Å². The molecule has 1 aromatic heterocycles. The van der Waals surface area contributed by atoms with Crippen LogP contribution in [-0.2, 0) is 0 Å². The first-order valence-corrected chi connectivity index (χ1v) is 8.44. The maximum atomic E-state index is 13.0. The number of methoxy groups -OCH3 is 1. The third-order valence-corrected chi connectivity index (χ3v) is 4.02. The Morgan fingerprint density at radius 1 is 1.30 bits per heavy atom. The van der Waals surface area contributed by atoms with E-state index < -0.39 is 6.10 Å². The molecule has 0 fully saturated rings. The Balaban J connectivity index is 1.98. The zero-order valence-electron chi connectivity index (χ0n) is 15.0. The van der Waals surface area contributed by atoms with Crippen molar-refractivity contribution in [3.8, 4) is 5.75 Å². The van der Waals surface area contributed by atoms with Crippen molar-refractivity contribution in [2.75, 3.05) is 13.7 Å². The van der Waals surface area contributed by atoms with Crippen LogP contribution in [0.15, 0.2) is 36.4 Å². The minimum atomic E-state index is -0.646. The van der Waals surface area contributed by atoms with E-state index in [1.54, 1.807) is 43.3 Å². The maximum absolute atomic E-state index is 13.0. The van der Waals surface area contributed by atoms with Crippen LogP contribution < -0.4 is 10.1 Å². The molecule has 0 aliphatic carbocycles. The lowest BCUT2D eigenvalue weighted by Gasteiger charge is -2.11. The van der Waals surface area contributed by atoms with Crippen LogP contribution in [0.25, 0.3) is 23.1 Å². The van der Waals surface area contributed by atoms with E-state index in [1.807, 2.05) is 0 Å². The molecule has 1 heterocycles. The smallest absolute Gasteiger partial charge is 0.255 e. The summed E-state index contributed by atoms with van der Waals surface area (Å²) in [6, 6.07) is 9.47. The fourth-order valence-electron chi connectivity index (χ4n) is 2.70. The quantitative estimate of drug-likeness (QED) is 0.623. The first kappa shape index (κ1) is 18.6. The number of hydrogen-bond donors (Lipinski definition) is 3. The van der Waals surface area contributed by atoms with Crippen LogP contribution in [0.1, 0.15) is 28.5 Å². The van der Waals surface area contributed by atoms with Crippen molar-refractivity contribution in [2.24, 2.45) is 0 Å². The average molecular weight is 369 g/mol. The molecule has 140 valence electrons. The van der Waals surface area contributed by atoms with Crippen LogP contribution in [0.5, 0.6) is 5.75 Å². The van der Waals surface area contributed by atoms with Crippen LogP contribution in [0, 0.1) is 5.82 Å². The van der Waals surface area contributed by atoms with E-state index in [9.17, 15) is 14.3 Å². The first-order valence-electron chi connectivity index (χ1n) is 8.44. The molecule has 0 saturated heterocycles. The molecule has 3 aromatic rings. The van der Waals surface area contributed by atoms with Crippen LogP contribution in [0.4, 0.5) is 4.39 Å². The lowest BCUT2D eigenvalue weighted by Crippen LogP contribution is -2.30. The Morgan fingerprint density at radius 2 is 2.04 bits per heavy atom. The standard InChI is InChI=1S/C20H20FN3O3/c1-12(25)11-22-20(26)15-8-10-17-18(19(15)27-2)16(23-24-17)9-5-13-3-6-14(21)7-4-13/h3-10,12,25H,11H2,1-2H3,(H,22,26)(H,23,24)/t12-/m0/s1. The van der Waals surface area contributed by atoms with Gasteiger partial charge in [-0.05, 0) is 42.8 Å². The summed E-state index contributed by atoms with van der Waals surface area (Å²) in [6.45, 7) is 1.73. The molecule has 1 atom stereocenters. The fraction of sp³-hybridized carbons (Fsp3) is 0.200. The van der Waals surface area contributed by atoms with E-state index >= 15 is 0 Å². The van der Waals surface area contributed by atoms with Gasteiger partial charge in [0.25, 0.3) is 5.91 Å². The summed E-state index contributed by atoms with van der Waals surface area (Å²) < 4.78 is 18.5. The number of aromatic nitrogens is 2. The molecule has 0 radical (unpaired) electrons. The molecule has 0 saturated carbocycles. The van der Waals surface area contributed by atoms with Gasteiger partial charge in [-0.2, -0.15) is 5.10 Å². The molecule has 0 spiro atoms. The van der Waals surface area contributed by atoms with Crippen LogP contribution >= 0.6 is 0 Å². The van der Waals surface area contributed by atoms with Crippen molar-refractivity contribution in [3.05, 3.63) is 59.0 Å². The Bertz CT molecular complexity index is 978. The highest BCUT2D eigenvalue weighted by Gasteiger charge is 2.18. The number of aliphatic hydroxyl groups excluding tert-OH is 1. The van der Waals surface area contributed by atoms with Gasteiger partial charge in [-0.25, -0.2) is 4.39 Å². The number of aromatic amines is 1. The molecule has 3 rings (SSSR count). The monoisotopic (exact) mass is 369 g/mol. The Hall–Kier alpha value is -3.19. The average Bonchev–Trinajstić information content (AvgIpc) is 3.08. The summed E-state index contributed by atoms with van der Waals surface area (Å²) in [5.74, 6) is -0.251. The van der Waals surface area contributed by atoms with Crippen molar-refractivity contribution >= 4 is 29.0 Å². The largest absolute Gasteiger partial charge is 0.495 e. The number of carbonyl (C=O) groups excluding carboxylic acids is 1. The molecule has 2 aromatic carbocycles. The van der Waals surface area contributed by atoms with Crippen LogP contribution in [0.2, 0.25) is 0 Å². The number of ether oxygens (including phenoxy) is 1. The number of fused-ring (bicyclic) bond motifs is 1. The topological polar surface area (TPSA) is 87.2 Å². The summed E-state index contributed by atoms with van der Waals surface area (Å²) in [6.07, 6.45) is 2.92. The molecule has 0 aliphatic rings. The molecular formula is C20H20FN3O3. The van der Waals surface area contributed by atoms with Gasteiger partial charge in [0, 0.05) is 6.54 Å². The molecule has 1 amide bonds. The SMILES string of the molecule is COc1c(C(=O)NC[C@H](C)O)ccc2[nH]nc(C=Cc3ccc(F)cc3)c12. The number of nitrogens with one attached hydrogen (secondary N) is 2. The number of halogens is 1. The Kier molecular flexibility index (Phi) is 5.52. The van der Waals surface area contributed by atoms with Gasteiger partial charge in [0.05, 0.1) is 35.4 Å². The molecule has 0 unspecified atom stereocenters. The number of rotatable bonds is 6. The van der Waals surface area contributed by atoms with Crippen molar-refractivity contribution in [2.45, 2.75) is 13.0 Å². The molecule has 3 N–H and O–H groups in total. The maximum Gasteiger partial charge on any atom is 0.255 e. The number of nitrogens with zero attached hydrogens (tertiary/aromatic N) is 1. The summed E-state index contributed by atoms with van der Waals surface area (Å²) in [4.78, 5) is 12.4. The zero-order valence-corrected chi connectivity index (χ0v) is 15.0. The normalized spacial score (nSPS) is 12.4. The highest BCUT2D eigenvalue weighted by atomic mass is 19.1. The van der Waals surface area contributed by atoms with Gasteiger partial charge < -0.3 is 15.2 Å². The molecular weight excluding hydrogens is 349 g/mol. The van der Waals surface area contributed by atoms with E-state index in [4.69, 9.17) is 4.74 Å². The van der Waals surface area contributed by atoms with Gasteiger partial charge in [0.2, 0.25) is 0 Å². The second kappa shape index (κ2) is 8.01.